The van der Waals surface area contributed by atoms with Gasteiger partial charge in [0.1, 0.15) is 34.7 Å². The average molecular weight is 1260 g/mol. The highest BCUT2D eigenvalue weighted by molar-refractivity contribution is 7.18. The fraction of sp³-hybridized carbons (Fsp3) is 0.485. The van der Waals surface area contributed by atoms with Gasteiger partial charge in [0.15, 0.2) is 0 Å². The summed E-state index contributed by atoms with van der Waals surface area (Å²) in [4.78, 5) is 119. The number of aromatic carboxylic acids is 1. The minimum Gasteiger partial charge on any atom is -0.477 e. The molecular weight excluding hydrogens is 1180 g/mol. The van der Waals surface area contributed by atoms with Crippen molar-refractivity contribution in [1.29, 1.82) is 0 Å². The molecule has 4 aliphatic heterocycles. The monoisotopic (exact) mass is 1260 g/mol. The number of ether oxygens (including phenoxy) is 3. The summed E-state index contributed by atoms with van der Waals surface area (Å²) in [7, 11) is 1.26. The van der Waals surface area contributed by atoms with E-state index in [1.807, 2.05) is 60.7 Å². The molecule has 5 aliphatic rings. The number of hydrogen-bond acceptors (Lipinski definition) is 13. The Labute approximate surface area is 534 Å². The predicted molar refractivity (Wildman–Crippen MR) is 344 cm³/mol. The van der Waals surface area contributed by atoms with E-state index in [1.54, 1.807) is 38.9 Å². The fourth-order valence-electron chi connectivity index (χ4n) is 13.5. The molecule has 3 aromatic carbocycles. The first-order chi connectivity index (χ1) is 44.2. The normalized spacial score (nSPS) is 20.4. The van der Waals surface area contributed by atoms with E-state index in [4.69, 9.17) is 24.2 Å². The Morgan fingerprint density at radius 1 is 0.692 bits per heavy atom. The lowest BCUT2D eigenvalue weighted by Crippen LogP contribution is -2.52. The molecule has 0 radical (unpaired) electrons. The van der Waals surface area contributed by atoms with Gasteiger partial charge in [-0.15, -0.1) is 11.3 Å². The largest absolute Gasteiger partial charge is 0.477 e. The molecule has 23 heteroatoms. The Morgan fingerprint density at radius 2 is 1.27 bits per heavy atom. The van der Waals surface area contributed by atoms with Crippen LogP contribution in [-0.2, 0) is 28.6 Å². The molecule has 91 heavy (non-hydrogen) atoms. The Hall–Kier alpha value is -8.57. The zero-order valence-corrected chi connectivity index (χ0v) is 52.9. The first-order valence-electron chi connectivity index (χ1n) is 32.3. The predicted octanol–water partition coefficient (Wildman–Crippen LogP) is 11.1. The van der Waals surface area contributed by atoms with Crippen LogP contribution in [-0.4, -0.2) is 159 Å². The van der Waals surface area contributed by atoms with E-state index < -0.39 is 30.2 Å². The van der Waals surface area contributed by atoms with Gasteiger partial charge in [0, 0.05) is 62.4 Å². The standard InChI is InChI=1S/C68H83N11O11S/c1-42-16-18-49(19-17-42)63(81)79(57-39-58(91-59(57)65(83)84)48-11-5-4-6-12-48)50-28-35-76(36-29-50)66(85)69-32-8-7-13-52(75-67(86)88-3)64(82)78-34-10-15-56(78)61-71-41-54(74-61)47-26-22-45(23-27-47)44-20-24-46(25-21-44)53-40-70-60(73-53)55-14-9-33-77(55)62(80)43(2)72-68(87)90-51-30-37-89-38-31-51/h4-6,11-12,20-27,39-43,49-52,55-56H,7-10,13-19,28-38H2,1-3H3,(H,69,85)(H,70,73)(H,71,74)(H,72,87)(H,75,86)(H,83,84)/t42?,43-,49?,52+,55+,56+/m1/s1. The third-order valence-electron chi connectivity index (χ3n) is 18.7. The second-order valence-corrected chi connectivity index (χ2v) is 25.8. The number of benzene rings is 3. The number of carbonyl (C=O) groups is 7. The number of urea groups is 1. The molecular formula is C68H83N11O11S. The molecule has 1 aliphatic carbocycles. The molecule has 3 aromatic heterocycles. The number of alkyl carbamates (subject to hydrolysis) is 2. The summed E-state index contributed by atoms with van der Waals surface area (Å²) in [6.07, 6.45) is 12.1. The number of nitrogens with one attached hydrogen (secondary N) is 5. The van der Waals surface area contributed by atoms with Gasteiger partial charge in [0.25, 0.3) is 0 Å². The number of H-pyrrole nitrogens is 2. The second kappa shape index (κ2) is 29.6. The van der Waals surface area contributed by atoms with Gasteiger partial charge in [-0.25, -0.2) is 29.1 Å². The maximum Gasteiger partial charge on any atom is 0.408 e. The van der Waals surface area contributed by atoms with E-state index >= 15 is 0 Å². The molecule has 7 amide bonds. The van der Waals surface area contributed by atoms with E-state index in [-0.39, 0.29) is 58.8 Å². The van der Waals surface area contributed by atoms with Crippen LogP contribution in [0, 0.1) is 11.8 Å². The van der Waals surface area contributed by atoms with Crippen LogP contribution < -0.4 is 20.9 Å². The van der Waals surface area contributed by atoms with Crippen LogP contribution in [0.5, 0.6) is 0 Å². The van der Waals surface area contributed by atoms with E-state index in [2.05, 4.69) is 57.1 Å². The summed E-state index contributed by atoms with van der Waals surface area (Å²) in [6.45, 7) is 7.16. The minimum atomic E-state index is -1.07. The number of piperidine rings is 1. The number of aromatic amines is 2. The van der Waals surface area contributed by atoms with Crippen molar-refractivity contribution in [3.05, 3.63) is 114 Å². The van der Waals surface area contributed by atoms with Crippen LogP contribution in [0.25, 0.3) is 44.1 Å². The van der Waals surface area contributed by atoms with Gasteiger partial charge in [0.2, 0.25) is 17.7 Å². The molecule has 11 rings (SSSR count). The van der Waals surface area contributed by atoms with Crippen molar-refractivity contribution in [2.45, 2.75) is 146 Å². The average Bonchev–Trinajstić information content (AvgIpc) is 1.81. The first-order valence-corrected chi connectivity index (χ1v) is 33.1. The van der Waals surface area contributed by atoms with Crippen molar-refractivity contribution >= 4 is 58.9 Å². The van der Waals surface area contributed by atoms with E-state index in [1.165, 1.54) is 18.4 Å². The van der Waals surface area contributed by atoms with Gasteiger partial charge in [-0.3, -0.25) is 14.4 Å². The quantitative estimate of drug-likeness (QED) is 0.0389. The lowest BCUT2D eigenvalue weighted by molar-refractivity contribution is -0.135. The smallest absolute Gasteiger partial charge is 0.408 e. The molecule has 4 atom stereocenters. The SMILES string of the molecule is COC(=O)N[C@@H](CCCCNC(=O)N1CCC(N(C(=O)C2CCC(C)CC2)c2cc(-c3ccccc3)sc2C(=O)O)CC1)C(=O)N1CCC[C@H]1c1ncc(-c2ccc(-c3ccc(-c4cnc([C@@H]5CCCN5C(=O)[C@@H](C)NC(=O)OC5CCOCC5)[nH]4)cc3)cc2)[nH]1. The summed E-state index contributed by atoms with van der Waals surface area (Å²) in [5, 5.41) is 19.0. The van der Waals surface area contributed by atoms with Gasteiger partial charge >= 0.3 is 24.2 Å². The number of aromatic nitrogens is 4. The molecule has 6 N–H and O–H groups in total. The van der Waals surface area contributed by atoms with Gasteiger partial charge in [-0.05, 0) is 130 Å². The van der Waals surface area contributed by atoms with Crippen molar-refractivity contribution in [1.82, 2.24) is 50.6 Å². The van der Waals surface area contributed by atoms with Gasteiger partial charge in [0.05, 0.1) is 61.9 Å². The lowest BCUT2D eigenvalue weighted by atomic mass is 9.82. The summed E-state index contributed by atoms with van der Waals surface area (Å²) < 4.78 is 15.8. The number of hydrogen-bond donors (Lipinski definition) is 6. The third kappa shape index (κ3) is 15.3. The number of nitrogens with zero attached hydrogens (tertiary/aromatic N) is 6. The molecule has 1 saturated carbocycles. The van der Waals surface area contributed by atoms with Crippen LogP contribution in [0.4, 0.5) is 20.1 Å². The highest BCUT2D eigenvalue weighted by atomic mass is 32.1. The third-order valence-corrected chi connectivity index (χ3v) is 19.8. The summed E-state index contributed by atoms with van der Waals surface area (Å²) >= 11 is 1.18. The van der Waals surface area contributed by atoms with Crippen LogP contribution in [0.15, 0.2) is 97.3 Å². The highest BCUT2D eigenvalue weighted by Crippen LogP contribution is 2.42. The topological polar surface area (TPSA) is 274 Å². The molecule has 7 heterocycles. The number of imidazole rings is 2. The fourth-order valence-corrected chi connectivity index (χ4v) is 14.5. The maximum atomic E-state index is 14.5. The number of unbranched alkanes of at least 4 members (excludes halogenated alkanes) is 1. The number of carbonyl (C=O) groups excluding carboxylic acids is 6. The number of rotatable bonds is 20. The van der Waals surface area contributed by atoms with Crippen LogP contribution in [0.2, 0.25) is 0 Å². The number of carboxylic acids is 1. The molecule has 4 saturated heterocycles. The van der Waals surface area contributed by atoms with E-state index in [0.717, 1.165) is 89.0 Å². The second-order valence-electron chi connectivity index (χ2n) is 24.8. The van der Waals surface area contributed by atoms with Gasteiger partial charge < -0.3 is 64.8 Å². The van der Waals surface area contributed by atoms with Crippen molar-refractivity contribution in [2.24, 2.45) is 11.8 Å². The number of likely N-dealkylation sites (tertiary alicyclic amines) is 3. The number of carboxylic acid groups (broad SMARTS) is 1. The molecule has 482 valence electrons. The first kappa shape index (κ1) is 64.0. The number of thiophene rings is 1. The van der Waals surface area contributed by atoms with Crippen molar-refractivity contribution in [3.63, 3.8) is 0 Å². The Bertz CT molecular complexity index is 3500. The lowest BCUT2D eigenvalue weighted by Gasteiger charge is -2.40. The van der Waals surface area contributed by atoms with E-state index in [9.17, 15) is 38.7 Å². The molecule has 6 aromatic rings. The van der Waals surface area contributed by atoms with Gasteiger partial charge in [-0.1, -0.05) is 85.8 Å². The van der Waals surface area contributed by atoms with Crippen molar-refractivity contribution in [2.75, 3.05) is 57.9 Å². The van der Waals surface area contributed by atoms with E-state index in [0.29, 0.717) is 121 Å². The summed E-state index contributed by atoms with van der Waals surface area (Å²) in [5.74, 6) is 0.170. The number of methoxy groups -OCH3 is 1. The van der Waals surface area contributed by atoms with Crippen LogP contribution in [0.1, 0.15) is 144 Å². The van der Waals surface area contributed by atoms with Crippen molar-refractivity contribution in [3.8, 4) is 44.1 Å². The van der Waals surface area contributed by atoms with Crippen LogP contribution in [0.3, 0.4) is 0 Å². The molecule has 0 unspecified atom stereocenters. The van der Waals surface area contributed by atoms with Gasteiger partial charge in [-0.2, -0.15) is 0 Å². The Morgan fingerprint density at radius 3 is 1.86 bits per heavy atom. The zero-order chi connectivity index (χ0) is 63.5. The number of amides is 7. The Balaban J connectivity index is 0.652. The Kier molecular flexibility index (Phi) is 20.8. The molecule has 22 nitrogen and oxygen atoms in total. The van der Waals surface area contributed by atoms with Crippen LogP contribution >= 0.6 is 11.3 Å². The summed E-state index contributed by atoms with van der Waals surface area (Å²) in [6, 6.07) is 25.1. The molecule has 0 spiro atoms. The molecule has 0 bridgehead atoms. The molecule has 5 fully saturated rings. The minimum absolute atomic E-state index is 0.0364. The maximum absolute atomic E-state index is 14.5. The zero-order valence-electron chi connectivity index (χ0n) is 52.0. The van der Waals surface area contributed by atoms with Crippen molar-refractivity contribution < 1.29 is 52.9 Å². The summed E-state index contributed by atoms with van der Waals surface area (Å²) in [5.41, 5.74) is 6.85. The number of anilines is 1. The highest BCUT2D eigenvalue weighted by Gasteiger charge is 2.40.